The van der Waals surface area contributed by atoms with Crippen LogP contribution in [0.15, 0.2) is 36.4 Å². The summed E-state index contributed by atoms with van der Waals surface area (Å²) in [6.07, 6.45) is -0.825. The number of nitrogens with zero attached hydrogens (tertiary/aromatic N) is 1. The van der Waals surface area contributed by atoms with Crippen molar-refractivity contribution < 1.29 is 24.2 Å². The molecule has 0 fully saturated rings. The van der Waals surface area contributed by atoms with Crippen LogP contribution >= 0.6 is 0 Å². The number of aliphatic hydroxyl groups is 1. The molecule has 0 aliphatic carbocycles. The van der Waals surface area contributed by atoms with Gasteiger partial charge in [0.2, 0.25) is 5.91 Å². The molecule has 196 valence electrons. The Morgan fingerprint density at radius 1 is 0.972 bits per heavy atom. The molecule has 8 heteroatoms. The summed E-state index contributed by atoms with van der Waals surface area (Å²) >= 11 is 0. The minimum atomic E-state index is -1.28. The van der Waals surface area contributed by atoms with Crippen molar-refractivity contribution in [1.29, 1.82) is 0 Å². The van der Waals surface area contributed by atoms with Gasteiger partial charge >= 0.3 is 6.09 Å². The lowest BCUT2D eigenvalue weighted by Crippen LogP contribution is -2.53. The lowest BCUT2D eigenvalue weighted by atomic mass is 9.98. The molecule has 0 spiro atoms. The number of rotatable bonds is 8. The number of carbonyl (C=O) groups excluding carboxylic acids is 3. The molecule has 2 aromatic carbocycles. The summed E-state index contributed by atoms with van der Waals surface area (Å²) in [5.74, 6) is -0.981. The van der Waals surface area contributed by atoms with Gasteiger partial charge in [-0.15, -0.1) is 0 Å². The summed E-state index contributed by atoms with van der Waals surface area (Å²) in [6, 6.07) is 9.07. The Balaban J connectivity index is 2.47. The fraction of sp³-hybridized carbons (Fsp3) is 0.464. The van der Waals surface area contributed by atoms with Crippen LogP contribution in [0.1, 0.15) is 61.6 Å². The van der Waals surface area contributed by atoms with Crippen molar-refractivity contribution in [2.24, 2.45) is 0 Å². The summed E-state index contributed by atoms with van der Waals surface area (Å²) in [5.41, 5.74) is 4.38. The van der Waals surface area contributed by atoms with E-state index in [1.807, 2.05) is 64.1 Å². The second-order valence-corrected chi connectivity index (χ2v) is 10.0. The fourth-order valence-electron chi connectivity index (χ4n) is 3.91. The van der Waals surface area contributed by atoms with Crippen molar-refractivity contribution in [3.05, 3.63) is 64.2 Å². The highest BCUT2D eigenvalue weighted by atomic mass is 16.6. The van der Waals surface area contributed by atoms with Crippen molar-refractivity contribution in [1.82, 2.24) is 10.2 Å². The normalized spacial score (nSPS) is 12.9. The van der Waals surface area contributed by atoms with E-state index >= 15 is 0 Å². The van der Waals surface area contributed by atoms with E-state index in [4.69, 9.17) is 4.74 Å². The van der Waals surface area contributed by atoms with Gasteiger partial charge in [-0.25, -0.2) is 4.79 Å². The maximum atomic E-state index is 13.8. The van der Waals surface area contributed by atoms with Gasteiger partial charge in [0, 0.05) is 12.2 Å². The van der Waals surface area contributed by atoms with Crippen LogP contribution in [0.5, 0.6) is 0 Å². The summed E-state index contributed by atoms with van der Waals surface area (Å²) < 4.78 is 5.25. The van der Waals surface area contributed by atoms with Crippen LogP contribution in [0.3, 0.4) is 0 Å². The van der Waals surface area contributed by atoms with E-state index in [1.165, 1.54) is 4.90 Å². The van der Waals surface area contributed by atoms with Crippen molar-refractivity contribution in [2.45, 2.75) is 73.1 Å². The van der Waals surface area contributed by atoms with Gasteiger partial charge in [0.15, 0.2) is 0 Å². The number of nitrogens with one attached hydrogen (secondary N) is 2. The average Bonchev–Trinajstić information content (AvgIpc) is 2.78. The second kappa shape index (κ2) is 12.0. The van der Waals surface area contributed by atoms with Gasteiger partial charge in [0.05, 0.1) is 6.61 Å². The largest absolute Gasteiger partial charge is 0.444 e. The third-order valence-corrected chi connectivity index (χ3v) is 5.93. The number of aryl methyl sites for hydroxylation is 4. The molecule has 0 radical (unpaired) electrons. The molecule has 36 heavy (non-hydrogen) atoms. The number of hydrogen-bond acceptors (Lipinski definition) is 5. The number of likely N-dealkylation sites (N-methyl/N-ethyl adjacent to an activating group) is 1. The second-order valence-electron chi connectivity index (χ2n) is 10.0. The molecule has 0 bridgehead atoms. The molecule has 0 saturated carbocycles. The van der Waals surface area contributed by atoms with Crippen LogP contribution in [0.4, 0.5) is 10.5 Å². The highest BCUT2D eigenvalue weighted by Gasteiger charge is 2.35. The zero-order valence-electron chi connectivity index (χ0n) is 22.6. The summed E-state index contributed by atoms with van der Waals surface area (Å²) in [7, 11) is 0. The molecule has 3 amide bonds. The summed E-state index contributed by atoms with van der Waals surface area (Å²) in [5, 5.41) is 15.4. The Bertz CT molecular complexity index is 1090. The predicted molar refractivity (Wildman–Crippen MR) is 141 cm³/mol. The van der Waals surface area contributed by atoms with E-state index in [2.05, 4.69) is 10.6 Å². The van der Waals surface area contributed by atoms with Crippen LogP contribution in [0, 0.1) is 27.7 Å². The highest BCUT2D eigenvalue weighted by molar-refractivity contribution is 6.00. The summed E-state index contributed by atoms with van der Waals surface area (Å²) in [6.45, 7) is 14.1. The number of hydrogen-bond donors (Lipinski definition) is 3. The van der Waals surface area contributed by atoms with E-state index in [0.29, 0.717) is 11.3 Å². The van der Waals surface area contributed by atoms with Gasteiger partial charge in [0.25, 0.3) is 5.91 Å². The van der Waals surface area contributed by atoms with Crippen LogP contribution in [0.2, 0.25) is 0 Å². The first-order valence-corrected chi connectivity index (χ1v) is 12.1. The Morgan fingerprint density at radius 2 is 1.58 bits per heavy atom. The molecular formula is C28H39N3O5. The van der Waals surface area contributed by atoms with Crippen LogP contribution in [0.25, 0.3) is 0 Å². The zero-order valence-corrected chi connectivity index (χ0v) is 22.6. The molecule has 0 saturated heterocycles. The quantitative estimate of drug-likeness (QED) is 0.503. The number of ether oxygens (including phenoxy) is 1. The molecule has 2 unspecified atom stereocenters. The third-order valence-electron chi connectivity index (χ3n) is 5.93. The van der Waals surface area contributed by atoms with Gasteiger partial charge in [-0.2, -0.15) is 0 Å². The molecule has 0 aliphatic heterocycles. The molecule has 2 rings (SSSR count). The Labute approximate surface area is 214 Å². The smallest absolute Gasteiger partial charge is 0.408 e. The molecule has 3 N–H and O–H groups in total. The minimum Gasteiger partial charge on any atom is -0.444 e. The SMILES string of the molecule is CCN(C(=O)C(CO)NC(=O)OC(C)(C)C)C(C(=O)Nc1c(C)cccc1C)c1ccc(C)c(C)c1. The number of amides is 3. The molecule has 0 aromatic heterocycles. The topological polar surface area (TPSA) is 108 Å². The molecule has 2 atom stereocenters. The van der Waals surface area contributed by atoms with Crippen LogP contribution in [-0.2, 0) is 14.3 Å². The van der Waals surface area contributed by atoms with Gasteiger partial charge in [-0.1, -0.05) is 36.4 Å². The molecule has 0 heterocycles. The third kappa shape index (κ3) is 7.31. The number of para-hydroxylation sites is 1. The standard InChI is InChI=1S/C28H39N3O5/c1-9-31(26(34)22(16-32)29-27(35)36-28(6,7)8)24(21-14-13-17(2)20(5)15-21)25(33)30-23-18(3)11-10-12-19(23)4/h10-15,22,24,32H,9,16H2,1-8H3,(H,29,35)(H,30,33). The minimum absolute atomic E-state index is 0.170. The Kier molecular flexibility index (Phi) is 9.64. The van der Waals surface area contributed by atoms with Gasteiger partial charge in [-0.3, -0.25) is 9.59 Å². The number of carbonyl (C=O) groups is 3. The first-order valence-electron chi connectivity index (χ1n) is 12.1. The van der Waals surface area contributed by atoms with Crippen molar-refractivity contribution >= 4 is 23.6 Å². The fourth-order valence-corrected chi connectivity index (χ4v) is 3.91. The lowest BCUT2D eigenvalue weighted by molar-refractivity contribution is -0.141. The molecule has 2 aromatic rings. The first-order chi connectivity index (χ1) is 16.8. The van der Waals surface area contributed by atoms with Crippen LogP contribution in [-0.4, -0.2) is 52.7 Å². The lowest BCUT2D eigenvalue weighted by Gasteiger charge is -2.33. The van der Waals surface area contributed by atoms with Crippen molar-refractivity contribution in [2.75, 3.05) is 18.5 Å². The number of alkyl carbamates (subject to hydrolysis) is 1. The molecular weight excluding hydrogens is 458 g/mol. The van der Waals surface area contributed by atoms with Gasteiger partial charge < -0.3 is 25.4 Å². The highest BCUT2D eigenvalue weighted by Crippen LogP contribution is 2.28. The first kappa shape index (κ1) is 28.8. The number of anilines is 1. The molecule has 8 nitrogen and oxygen atoms in total. The van der Waals surface area contributed by atoms with E-state index in [1.54, 1.807) is 27.7 Å². The van der Waals surface area contributed by atoms with Crippen molar-refractivity contribution in [3.8, 4) is 0 Å². The predicted octanol–water partition coefficient (Wildman–Crippen LogP) is 4.33. The Hall–Kier alpha value is -3.39. The van der Waals surface area contributed by atoms with E-state index in [0.717, 1.165) is 22.3 Å². The monoisotopic (exact) mass is 497 g/mol. The van der Waals surface area contributed by atoms with Gasteiger partial charge in [-0.05, 0) is 83.2 Å². The molecule has 0 aliphatic rings. The van der Waals surface area contributed by atoms with Crippen molar-refractivity contribution in [3.63, 3.8) is 0 Å². The van der Waals surface area contributed by atoms with Crippen LogP contribution < -0.4 is 10.6 Å². The van der Waals surface area contributed by atoms with E-state index < -0.39 is 36.3 Å². The summed E-state index contributed by atoms with van der Waals surface area (Å²) in [4.78, 5) is 41.0. The van der Waals surface area contributed by atoms with E-state index in [9.17, 15) is 19.5 Å². The van der Waals surface area contributed by atoms with E-state index in [-0.39, 0.29) is 12.5 Å². The Morgan fingerprint density at radius 3 is 2.08 bits per heavy atom. The maximum absolute atomic E-state index is 13.8. The number of aliphatic hydroxyl groups excluding tert-OH is 1. The average molecular weight is 498 g/mol. The number of benzene rings is 2. The van der Waals surface area contributed by atoms with Gasteiger partial charge in [0.1, 0.15) is 17.7 Å². The zero-order chi connectivity index (χ0) is 27.2. The maximum Gasteiger partial charge on any atom is 0.408 e.